The van der Waals surface area contributed by atoms with Crippen LogP contribution in [0.25, 0.3) is 0 Å². The van der Waals surface area contributed by atoms with Crippen molar-refractivity contribution in [1.29, 1.82) is 0 Å². The van der Waals surface area contributed by atoms with Gasteiger partial charge < -0.3 is 15.2 Å². The Balaban J connectivity index is 2.11. The van der Waals surface area contributed by atoms with Gasteiger partial charge in [0, 0.05) is 18.2 Å². The quantitative estimate of drug-likeness (QED) is 0.661. The van der Waals surface area contributed by atoms with E-state index in [1.807, 2.05) is 0 Å². The van der Waals surface area contributed by atoms with Crippen LogP contribution in [0.15, 0.2) is 18.2 Å². The van der Waals surface area contributed by atoms with Crippen molar-refractivity contribution in [3.8, 4) is 11.5 Å². The van der Waals surface area contributed by atoms with Gasteiger partial charge in [0.15, 0.2) is 0 Å². The second kappa shape index (κ2) is 6.56. The van der Waals surface area contributed by atoms with Crippen LogP contribution >= 0.6 is 0 Å². The van der Waals surface area contributed by atoms with Crippen LogP contribution in [0.2, 0.25) is 0 Å². The largest absolute Gasteiger partial charge is 0.490 e. The molecule has 0 bridgehead atoms. The summed E-state index contributed by atoms with van der Waals surface area (Å²) >= 11 is 0. The van der Waals surface area contributed by atoms with Crippen LogP contribution in [0.3, 0.4) is 0 Å². The molecule has 6 heteroatoms. The average Bonchev–Trinajstić information content (AvgIpc) is 2.39. The number of rotatable bonds is 5. The number of ether oxygens (including phenoxy) is 2. The Labute approximate surface area is 118 Å². The normalized spacial score (nSPS) is 22.3. The van der Waals surface area contributed by atoms with E-state index in [2.05, 4.69) is 0 Å². The lowest BCUT2D eigenvalue weighted by Gasteiger charge is -2.27. The first-order chi connectivity index (χ1) is 9.60. The second-order valence-corrected chi connectivity index (χ2v) is 4.99. The van der Waals surface area contributed by atoms with E-state index in [4.69, 9.17) is 15.2 Å². The molecule has 110 valence electrons. The van der Waals surface area contributed by atoms with Gasteiger partial charge >= 0.3 is 5.69 Å². The molecule has 1 fully saturated rings. The average molecular weight is 280 g/mol. The van der Waals surface area contributed by atoms with Crippen LogP contribution < -0.4 is 15.2 Å². The summed E-state index contributed by atoms with van der Waals surface area (Å²) in [7, 11) is 0. The lowest BCUT2D eigenvalue weighted by molar-refractivity contribution is -0.385. The summed E-state index contributed by atoms with van der Waals surface area (Å²) in [6.07, 6.45) is 3.95. The topological polar surface area (TPSA) is 87.6 Å². The summed E-state index contributed by atoms with van der Waals surface area (Å²) in [6, 6.07) is 4.80. The fourth-order valence-electron chi connectivity index (χ4n) is 2.47. The van der Waals surface area contributed by atoms with Crippen molar-refractivity contribution < 1.29 is 14.4 Å². The zero-order valence-electron chi connectivity index (χ0n) is 11.6. The fraction of sp³-hybridized carbons (Fsp3) is 0.571. The summed E-state index contributed by atoms with van der Waals surface area (Å²) in [5, 5.41) is 10.9. The molecule has 2 rings (SSSR count). The minimum Gasteiger partial charge on any atom is -0.490 e. The van der Waals surface area contributed by atoms with Gasteiger partial charge in [0.05, 0.1) is 11.5 Å². The summed E-state index contributed by atoms with van der Waals surface area (Å²) in [5.74, 6) is 0.841. The predicted octanol–water partition coefficient (Wildman–Crippen LogP) is 2.64. The van der Waals surface area contributed by atoms with Crippen molar-refractivity contribution in [3.63, 3.8) is 0 Å². The van der Waals surface area contributed by atoms with Crippen molar-refractivity contribution in [2.75, 3.05) is 6.61 Å². The highest BCUT2D eigenvalue weighted by atomic mass is 16.6. The third kappa shape index (κ3) is 3.60. The van der Waals surface area contributed by atoms with Crippen LogP contribution in [0.5, 0.6) is 11.5 Å². The lowest BCUT2D eigenvalue weighted by Crippen LogP contribution is -2.33. The summed E-state index contributed by atoms with van der Waals surface area (Å²) in [5.41, 5.74) is 5.88. The molecule has 1 aromatic rings. The molecule has 1 saturated carbocycles. The van der Waals surface area contributed by atoms with Gasteiger partial charge in [-0.2, -0.15) is 0 Å². The molecule has 1 aliphatic rings. The van der Waals surface area contributed by atoms with Crippen molar-refractivity contribution >= 4 is 5.69 Å². The molecule has 20 heavy (non-hydrogen) atoms. The Morgan fingerprint density at radius 3 is 2.90 bits per heavy atom. The molecule has 0 amide bonds. The van der Waals surface area contributed by atoms with Gasteiger partial charge in [-0.15, -0.1) is 0 Å². The second-order valence-electron chi connectivity index (χ2n) is 4.99. The molecule has 0 heterocycles. The zero-order chi connectivity index (χ0) is 14.5. The van der Waals surface area contributed by atoms with E-state index in [-0.39, 0.29) is 23.6 Å². The Morgan fingerprint density at radius 2 is 2.25 bits per heavy atom. The molecule has 0 aliphatic heterocycles. The molecule has 0 saturated heterocycles. The van der Waals surface area contributed by atoms with Gasteiger partial charge in [0.25, 0.3) is 0 Å². The minimum atomic E-state index is -0.453. The molecule has 6 nitrogen and oxygen atoms in total. The van der Waals surface area contributed by atoms with Crippen LogP contribution in [0.1, 0.15) is 32.6 Å². The monoisotopic (exact) mass is 280 g/mol. The summed E-state index contributed by atoms with van der Waals surface area (Å²) < 4.78 is 11.2. The molecule has 2 atom stereocenters. The van der Waals surface area contributed by atoms with E-state index in [0.717, 1.165) is 25.7 Å². The van der Waals surface area contributed by atoms with E-state index in [0.29, 0.717) is 12.4 Å². The van der Waals surface area contributed by atoms with Gasteiger partial charge in [0.2, 0.25) is 5.75 Å². The minimum absolute atomic E-state index is 0.0421. The lowest BCUT2D eigenvalue weighted by atomic mass is 9.93. The Hall–Kier alpha value is -1.82. The maximum Gasteiger partial charge on any atom is 0.311 e. The van der Waals surface area contributed by atoms with Crippen LogP contribution in [-0.4, -0.2) is 23.7 Å². The third-order valence-electron chi connectivity index (χ3n) is 3.40. The number of nitro benzene ring substituents is 1. The van der Waals surface area contributed by atoms with Crippen LogP contribution in [-0.2, 0) is 0 Å². The molecule has 0 aromatic heterocycles. The molecule has 1 aromatic carbocycles. The van der Waals surface area contributed by atoms with Crippen molar-refractivity contribution in [2.45, 2.75) is 44.8 Å². The number of hydrogen-bond donors (Lipinski definition) is 1. The van der Waals surface area contributed by atoms with E-state index < -0.39 is 4.92 Å². The first-order valence-corrected chi connectivity index (χ1v) is 6.93. The molecule has 2 N–H and O–H groups in total. The van der Waals surface area contributed by atoms with Gasteiger partial charge in [-0.25, -0.2) is 0 Å². The smallest absolute Gasteiger partial charge is 0.311 e. The number of nitrogens with zero attached hydrogens (tertiary/aromatic N) is 1. The number of nitro groups is 1. The Kier molecular flexibility index (Phi) is 4.79. The van der Waals surface area contributed by atoms with Gasteiger partial charge in [0.1, 0.15) is 11.9 Å². The predicted molar refractivity (Wildman–Crippen MR) is 75.1 cm³/mol. The standard InChI is InChI=1S/C14H20N2O4/c1-2-19-14-9-12(6-7-13(14)16(17)18)20-11-5-3-4-10(15)8-11/h6-7,9-11H,2-5,8,15H2,1H3. The number of nitrogens with two attached hydrogens (primary N) is 1. The van der Waals surface area contributed by atoms with E-state index in [1.165, 1.54) is 6.07 Å². The fourth-order valence-corrected chi connectivity index (χ4v) is 2.47. The van der Waals surface area contributed by atoms with Crippen LogP contribution in [0, 0.1) is 10.1 Å². The van der Waals surface area contributed by atoms with Gasteiger partial charge in [-0.1, -0.05) is 0 Å². The highest BCUT2D eigenvalue weighted by Crippen LogP contribution is 2.32. The Bertz CT molecular complexity index is 478. The first kappa shape index (κ1) is 14.6. The maximum absolute atomic E-state index is 10.9. The van der Waals surface area contributed by atoms with Gasteiger partial charge in [-0.05, 0) is 38.7 Å². The van der Waals surface area contributed by atoms with E-state index >= 15 is 0 Å². The molecule has 0 spiro atoms. The van der Waals surface area contributed by atoms with Crippen molar-refractivity contribution in [3.05, 3.63) is 28.3 Å². The van der Waals surface area contributed by atoms with E-state index in [9.17, 15) is 10.1 Å². The van der Waals surface area contributed by atoms with Gasteiger partial charge in [-0.3, -0.25) is 10.1 Å². The maximum atomic E-state index is 10.9. The zero-order valence-corrected chi connectivity index (χ0v) is 11.6. The molecule has 1 aliphatic carbocycles. The highest BCUT2D eigenvalue weighted by molar-refractivity contribution is 5.50. The van der Waals surface area contributed by atoms with Crippen LogP contribution in [0.4, 0.5) is 5.69 Å². The summed E-state index contributed by atoms with van der Waals surface area (Å²) in [6.45, 7) is 2.16. The molecular formula is C14H20N2O4. The third-order valence-corrected chi connectivity index (χ3v) is 3.40. The SMILES string of the molecule is CCOc1cc(OC2CCCC(N)C2)ccc1[N+](=O)[O-]. The number of benzene rings is 1. The highest BCUT2D eigenvalue weighted by Gasteiger charge is 2.22. The molecule has 0 radical (unpaired) electrons. The first-order valence-electron chi connectivity index (χ1n) is 6.93. The molecular weight excluding hydrogens is 260 g/mol. The Morgan fingerprint density at radius 1 is 1.45 bits per heavy atom. The van der Waals surface area contributed by atoms with Crippen molar-refractivity contribution in [1.82, 2.24) is 0 Å². The summed E-state index contributed by atoms with van der Waals surface area (Å²) in [4.78, 5) is 10.5. The number of hydrogen-bond acceptors (Lipinski definition) is 5. The van der Waals surface area contributed by atoms with E-state index in [1.54, 1.807) is 19.1 Å². The molecule has 2 unspecified atom stereocenters. The van der Waals surface area contributed by atoms with Crippen molar-refractivity contribution in [2.24, 2.45) is 5.73 Å².